The zero-order valence-corrected chi connectivity index (χ0v) is 11.5. The quantitative estimate of drug-likeness (QED) is 0.887. The average molecular weight is 248 g/mol. The largest absolute Gasteiger partial charge is 0.381 e. The number of hydrogen-bond donors (Lipinski definition) is 1. The lowest BCUT2D eigenvalue weighted by Crippen LogP contribution is -2.37. The number of benzene rings is 1. The molecule has 0 amide bonds. The maximum absolute atomic E-state index is 5.60. The molecule has 0 radical (unpaired) electrons. The minimum Gasteiger partial charge on any atom is -0.381 e. The van der Waals surface area contributed by atoms with Crippen LogP contribution in [0, 0.1) is 6.92 Å². The van der Waals surface area contributed by atoms with E-state index in [0.29, 0.717) is 6.10 Å². The Labute approximate surface area is 110 Å². The van der Waals surface area contributed by atoms with Crippen molar-refractivity contribution in [3.8, 4) is 0 Å². The van der Waals surface area contributed by atoms with Crippen molar-refractivity contribution in [1.29, 1.82) is 0 Å². The minimum atomic E-state index is 0.443. The van der Waals surface area contributed by atoms with Crippen LogP contribution in [0.4, 0.5) is 5.69 Å². The van der Waals surface area contributed by atoms with E-state index in [-0.39, 0.29) is 0 Å². The van der Waals surface area contributed by atoms with E-state index in [9.17, 15) is 0 Å². The van der Waals surface area contributed by atoms with E-state index in [2.05, 4.69) is 30.0 Å². The third-order valence-corrected chi connectivity index (χ3v) is 3.81. The van der Waals surface area contributed by atoms with Gasteiger partial charge in [0.05, 0.1) is 6.10 Å². The van der Waals surface area contributed by atoms with Crippen LogP contribution in [0.1, 0.15) is 24.0 Å². The van der Waals surface area contributed by atoms with Gasteiger partial charge in [-0.15, -0.1) is 0 Å². The molecule has 2 rings (SSSR count). The molecule has 0 aliphatic carbocycles. The van der Waals surface area contributed by atoms with Crippen LogP contribution in [-0.2, 0) is 11.2 Å². The van der Waals surface area contributed by atoms with Gasteiger partial charge in [0.2, 0.25) is 0 Å². The minimum absolute atomic E-state index is 0.443. The molecule has 1 aliphatic heterocycles. The van der Waals surface area contributed by atoms with Crippen molar-refractivity contribution in [2.75, 3.05) is 31.6 Å². The van der Waals surface area contributed by atoms with Gasteiger partial charge in [0.1, 0.15) is 0 Å². The number of piperidine rings is 1. The van der Waals surface area contributed by atoms with E-state index in [1.54, 1.807) is 0 Å². The SMILES string of the molecule is COC1CCN(c2ccc(CCN)cc2C)CC1. The van der Waals surface area contributed by atoms with E-state index < -0.39 is 0 Å². The summed E-state index contributed by atoms with van der Waals surface area (Å²) in [6.07, 6.45) is 3.66. The first-order chi connectivity index (χ1) is 8.74. The molecule has 100 valence electrons. The van der Waals surface area contributed by atoms with Crippen molar-refractivity contribution >= 4 is 5.69 Å². The van der Waals surface area contributed by atoms with Gasteiger partial charge in [0, 0.05) is 25.9 Å². The fourth-order valence-corrected chi connectivity index (χ4v) is 2.73. The molecule has 1 aromatic rings. The highest BCUT2D eigenvalue weighted by molar-refractivity contribution is 5.54. The van der Waals surface area contributed by atoms with E-state index in [1.165, 1.54) is 16.8 Å². The average Bonchev–Trinajstić information content (AvgIpc) is 2.40. The fraction of sp³-hybridized carbons (Fsp3) is 0.600. The summed E-state index contributed by atoms with van der Waals surface area (Å²) >= 11 is 0. The Balaban J connectivity index is 2.05. The van der Waals surface area contributed by atoms with Crippen LogP contribution in [0.2, 0.25) is 0 Å². The van der Waals surface area contributed by atoms with Gasteiger partial charge in [-0.3, -0.25) is 0 Å². The number of nitrogens with two attached hydrogens (primary N) is 1. The molecule has 1 heterocycles. The summed E-state index contributed by atoms with van der Waals surface area (Å²) < 4.78 is 5.42. The van der Waals surface area contributed by atoms with Gasteiger partial charge in [-0.1, -0.05) is 12.1 Å². The first-order valence-corrected chi connectivity index (χ1v) is 6.82. The molecule has 0 spiro atoms. The summed E-state index contributed by atoms with van der Waals surface area (Å²) in [5.74, 6) is 0. The second kappa shape index (κ2) is 6.21. The highest BCUT2D eigenvalue weighted by Crippen LogP contribution is 2.25. The van der Waals surface area contributed by atoms with Gasteiger partial charge in [0.25, 0.3) is 0 Å². The Morgan fingerprint density at radius 1 is 1.33 bits per heavy atom. The fourth-order valence-electron chi connectivity index (χ4n) is 2.73. The summed E-state index contributed by atoms with van der Waals surface area (Å²) in [6.45, 7) is 5.10. The van der Waals surface area contributed by atoms with E-state index >= 15 is 0 Å². The van der Waals surface area contributed by atoms with Crippen LogP contribution < -0.4 is 10.6 Å². The lowest BCUT2D eigenvalue weighted by atomic mass is 10.0. The molecule has 1 aliphatic rings. The normalized spacial score (nSPS) is 17.2. The number of rotatable bonds is 4. The van der Waals surface area contributed by atoms with Crippen molar-refractivity contribution < 1.29 is 4.74 Å². The van der Waals surface area contributed by atoms with Crippen LogP contribution in [-0.4, -0.2) is 32.8 Å². The van der Waals surface area contributed by atoms with Crippen molar-refractivity contribution in [3.63, 3.8) is 0 Å². The Kier molecular flexibility index (Phi) is 4.61. The Morgan fingerprint density at radius 2 is 2.06 bits per heavy atom. The van der Waals surface area contributed by atoms with Gasteiger partial charge in [-0.05, 0) is 49.9 Å². The summed E-state index contributed by atoms with van der Waals surface area (Å²) in [4.78, 5) is 2.47. The van der Waals surface area contributed by atoms with Crippen LogP contribution in [0.25, 0.3) is 0 Å². The van der Waals surface area contributed by atoms with Crippen molar-refractivity contribution in [2.45, 2.75) is 32.3 Å². The van der Waals surface area contributed by atoms with Crippen molar-refractivity contribution in [3.05, 3.63) is 29.3 Å². The van der Waals surface area contributed by atoms with Crippen LogP contribution >= 0.6 is 0 Å². The van der Waals surface area contributed by atoms with Crippen molar-refractivity contribution in [1.82, 2.24) is 0 Å². The number of ether oxygens (including phenoxy) is 1. The third-order valence-electron chi connectivity index (χ3n) is 3.81. The molecule has 0 aromatic heterocycles. The van der Waals surface area contributed by atoms with Gasteiger partial charge in [-0.25, -0.2) is 0 Å². The Morgan fingerprint density at radius 3 is 2.61 bits per heavy atom. The van der Waals surface area contributed by atoms with Crippen LogP contribution in [0.3, 0.4) is 0 Å². The molecule has 0 bridgehead atoms. The maximum atomic E-state index is 5.60. The van der Waals surface area contributed by atoms with Crippen LogP contribution in [0.15, 0.2) is 18.2 Å². The van der Waals surface area contributed by atoms with Gasteiger partial charge < -0.3 is 15.4 Å². The van der Waals surface area contributed by atoms with E-state index in [0.717, 1.165) is 38.9 Å². The van der Waals surface area contributed by atoms with E-state index in [4.69, 9.17) is 10.5 Å². The first-order valence-electron chi connectivity index (χ1n) is 6.82. The third kappa shape index (κ3) is 3.03. The molecule has 1 saturated heterocycles. The number of anilines is 1. The summed E-state index contributed by atoms with van der Waals surface area (Å²) in [6, 6.07) is 6.72. The zero-order chi connectivity index (χ0) is 13.0. The highest BCUT2D eigenvalue weighted by Gasteiger charge is 2.19. The van der Waals surface area contributed by atoms with Crippen molar-refractivity contribution in [2.24, 2.45) is 5.73 Å². The Bertz CT molecular complexity index is 384. The number of aryl methyl sites for hydroxylation is 1. The summed E-state index contributed by atoms with van der Waals surface area (Å²) in [5, 5.41) is 0. The van der Waals surface area contributed by atoms with E-state index in [1.807, 2.05) is 7.11 Å². The first kappa shape index (κ1) is 13.4. The highest BCUT2D eigenvalue weighted by atomic mass is 16.5. The molecule has 1 fully saturated rings. The molecule has 3 nitrogen and oxygen atoms in total. The second-order valence-electron chi connectivity index (χ2n) is 5.08. The molecule has 3 heteroatoms. The monoisotopic (exact) mass is 248 g/mol. The second-order valence-corrected chi connectivity index (χ2v) is 5.08. The van der Waals surface area contributed by atoms with Crippen LogP contribution in [0.5, 0.6) is 0 Å². The maximum Gasteiger partial charge on any atom is 0.0605 e. The predicted molar refractivity (Wildman–Crippen MR) is 76.2 cm³/mol. The summed E-state index contributed by atoms with van der Waals surface area (Å²) in [5.41, 5.74) is 9.66. The molecule has 0 saturated carbocycles. The summed E-state index contributed by atoms with van der Waals surface area (Å²) in [7, 11) is 1.81. The lowest BCUT2D eigenvalue weighted by molar-refractivity contribution is 0.0819. The molecular weight excluding hydrogens is 224 g/mol. The number of nitrogens with zero attached hydrogens (tertiary/aromatic N) is 1. The molecule has 0 unspecified atom stereocenters. The predicted octanol–water partition coefficient (Wildman–Crippen LogP) is 2.11. The van der Waals surface area contributed by atoms with Gasteiger partial charge in [-0.2, -0.15) is 0 Å². The number of methoxy groups -OCH3 is 1. The Hall–Kier alpha value is -1.06. The van der Waals surface area contributed by atoms with Gasteiger partial charge >= 0.3 is 0 Å². The number of hydrogen-bond acceptors (Lipinski definition) is 3. The molecular formula is C15H24N2O. The zero-order valence-electron chi connectivity index (χ0n) is 11.5. The standard InChI is InChI=1S/C15H24N2O/c1-12-11-13(5-8-16)3-4-15(12)17-9-6-14(18-2)7-10-17/h3-4,11,14H,5-10,16H2,1-2H3. The molecule has 18 heavy (non-hydrogen) atoms. The molecule has 1 aromatic carbocycles. The topological polar surface area (TPSA) is 38.5 Å². The smallest absolute Gasteiger partial charge is 0.0605 e. The van der Waals surface area contributed by atoms with Gasteiger partial charge in [0.15, 0.2) is 0 Å². The molecule has 0 atom stereocenters. The molecule has 2 N–H and O–H groups in total. The lowest BCUT2D eigenvalue weighted by Gasteiger charge is -2.34.